The summed E-state index contributed by atoms with van der Waals surface area (Å²) >= 11 is 9.52. The van der Waals surface area contributed by atoms with Gasteiger partial charge in [-0.1, -0.05) is 27.5 Å². The van der Waals surface area contributed by atoms with E-state index in [4.69, 9.17) is 25.5 Å². The van der Waals surface area contributed by atoms with Crippen LogP contribution in [0.5, 0.6) is 11.5 Å². The number of amides is 1. The second-order valence-corrected chi connectivity index (χ2v) is 6.54. The molecule has 1 aliphatic rings. The van der Waals surface area contributed by atoms with Crippen molar-refractivity contribution in [3.63, 3.8) is 0 Å². The molecule has 126 valence electrons. The molecule has 0 saturated heterocycles. The van der Waals surface area contributed by atoms with Gasteiger partial charge < -0.3 is 13.9 Å². The Kier molecular flexibility index (Phi) is 4.10. The molecule has 0 spiro atoms. The summed E-state index contributed by atoms with van der Waals surface area (Å²) in [5.41, 5.74) is 3.63. The first-order valence-corrected chi connectivity index (χ1v) is 8.39. The molecule has 3 aromatic rings. The van der Waals surface area contributed by atoms with E-state index in [1.807, 2.05) is 12.1 Å². The van der Waals surface area contributed by atoms with Crippen LogP contribution in [0.4, 0.5) is 0 Å². The Morgan fingerprint density at radius 1 is 1.20 bits per heavy atom. The summed E-state index contributed by atoms with van der Waals surface area (Å²) in [7, 11) is 0. The lowest BCUT2D eigenvalue weighted by Crippen LogP contribution is -2.16. The summed E-state index contributed by atoms with van der Waals surface area (Å²) in [6, 6.07) is 10.5. The molecular formula is C17H10BrClN2O4. The Balaban J connectivity index is 1.50. The molecule has 25 heavy (non-hydrogen) atoms. The maximum atomic E-state index is 12.2. The maximum Gasteiger partial charge on any atom is 0.307 e. The normalized spacial score (nSPS) is 12.9. The number of hydrazone groups is 1. The molecule has 0 aliphatic carbocycles. The first kappa shape index (κ1) is 16.0. The third-order valence-electron chi connectivity index (χ3n) is 3.56. The Bertz CT molecular complexity index is 1020. The van der Waals surface area contributed by atoms with Gasteiger partial charge in [0.15, 0.2) is 17.3 Å². The van der Waals surface area contributed by atoms with E-state index in [9.17, 15) is 4.79 Å². The molecule has 0 radical (unpaired) electrons. The molecule has 6 nitrogen and oxygen atoms in total. The van der Waals surface area contributed by atoms with E-state index in [1.54, 1.807) is 24.3 Å². The van der Waals surface area contributed by atoms with Crippen LogP contribution < -0.4 is 14.9 Å². The molecule has 1 aromatic heterocycles. The van der Waals surface area contributed by atoms with Crippen molar-refractivity contribution in [2.24, 2.45) is 5.10 Å². The lowest BCUT2D eigenvalue weighted by molar-refractivity contribution is 0.0929. The highest BCUT2D eigenvalue weighted by Crippen LogP contribution is 2.36. The van der Waals surface area contributed by atoms with Crippen molar-refractivity contribution in [2.75, 3.05) is 6.79 Å². The van der Waals surface area contributed by atoms with Crippen molar-refractivity contribution in [1.29, 1.82) is 0 Å². The van der Waals surface area contributed by atoms with Crippen LogP contribution in [0, 0.1) is 0 Å². The fourth-order valence-electron chi connectivity index (χ4n) is 2.37. The molecular weight excluding hydrogens is 412 g/mol. The number of hydrogen-bond donors (Lipinski definition) is 1. The molecule has 2 aromatic carbocycles. The molecule has 1 amide bonds. The van der Waals surface area contributed by atoms with E-state index in [-0.39, 0.29) is 12.6 Å². The molecule has 0 atom stereocenters. The minimum atomic E-state index is -0.458. The second-order valence-electron chi connectivity index (χ2n) is 5.22. The van der Waals surface area contributed by atoms with Crippen LogP contribution in [0.3, 0.4) is 0 Å². The Hall–Kier alpha value is -2.51. The predicted octanol–water partition coefficient (Wildman–Crippen LogP) is 4.34. The minimum absolute atomic E-state index is 0.158. The number of carbonyl (C=O) groups is 1. The number of ether oxygens (including phenoxy) is 2. The van der Waals surface area contributed by atoms with Gasteiger partial charge in [-0.05, 0) is 30.3 Å². The largest absolute Gasteiger partial charge is 0.454 e. The van der Waals surface area contributed by atoms with Crippen LogP contribution in [0.1, 0.15) is 16.1 Å². The molecule has 4 rings (SSSR count). The SMILES string of the molecule is O=C(N/N=C/c1cc2c(cc1Cl)OCO2)c1cc2cc(Br)ccc2o1. The van der Waals surface area contributed by atoms with Gasteiger partial charge in [0.1, 0.15) is 5.58 Å². The van der Waals surface area contributed by atoms with Gasteiger partial charge in [0.25, 0.3) is 0 Å². The van der Waals surface area contributed by atoms with Gasteiger partial charge in [-0.2, -0.15) is 5.10 Å². The minimum Gasteiger partial charge on any atom is -0.454 e. The van der Waals surface area contributed by atoms with E-state index < -0.39 is 5.91 Å². The van der Waals surface area contributed by atoms with Crippen LogP contribution in [-0.2, 0) is 0 Å². The van der Waals surface area contributed by atoms with E-state index in [1.165, 1.54) is 6.21 Å². The number of hydrogen-bond acceptors (Lipinski definition) is 5. The lowest BCUT2D eigenvalue weighted by atomic mass is 10.2. The number of halogens is 2. The van der Waals surface area contributed by atoms with Gasteiger partial charge in [0.2, 0.25) is 6.79 Å². The summed E-state index contributed by atoms with van der Waals surface area (Å²) in [4.78, 5) is 12.2. The molecule has 1 aliphatic heterocycles. The van der Waals surface area contributed by atoms with Gasteiger partial charge in [-0.15, -0.1) is 0 Å². The molecule has 2 heterocycles. The summed E-state index contributed by atoms with van der Waals surface area (Å²) in [6.07, 6.45) is 1.43. The van der Waals surface area contributed by atoms with Crippen molar-refractivity contribution < 1.29 is 18.7 Å². The number of rotatable bonds is 3. The monoisotopic (exact) mass is 420 g/mol. The highest BCUT2D eigenvalue weighted by Gasteiger charge is 2.16. The number of carbonyl (C=O) groups excluding carboxylic acids is 1. The van der Waals surface area contributed by atoms with E-state index in [0.717, 1.165) is 9.86 Å². The summed E-state index contributed by atoms with van der Waals surface area (Å²) in [5, 5.41) is 5.18. The number of nitrogens with zero attached hydrogens (tertiary/aromatic N) is 1. The van der Waals surface area contributed by atoms with Crippen molar-refractivity contribution in [3.8, 4) is 11.5 Å². The number of fused-ring (bicyclic) bond motifs is 2. The molecule has 0 fully saturated rings. The standard InChI is InChI=1S/C17H10BrClN2O4/c18-11-1-2-13-9(3-11)4-16(25-13)17(22)21-20-7-10-5-14-15(6-12(10)19)24-8-23-14/h1-7H,8H2,(H,21,22)/b20-7+. The Morgan fingerprint density at radius 2 is 2.00 bits per heavy atom. The fraction of sp³-hybridized carbons (Fsp3) is 0.0588. The van der Waals surface area contributed by atoms with Crippen LogP contribution in [0.25, 0.3) is 11.0 Å². The molecule has 8 heteroatoms. The van der Waals surface area contributed by atoms with Crippen molar-refractivity contribution in [2.45, 2.75) is 0 Å². The quantitative estimate of drug-likeness (QED) is 0.504. The van der Waals surface area contributed by atoms with Gasteiger partial charge in [-0.25, -0.2) is 5.43 Å². The zero-order valence-electron chi connectivity index (χ0n) is 12.6. The van der Waals surface area contributed by atoms with Crippen LogP contribution in [0.15, 0.2) is 50.4 Å². The number of benzene rings is 2. The third-order valence-corrected chi connectivity index (χ3v) is 4.38. The van der Waals surface area contributed by atoms with Crippen LogP contribution >= 0.6 is 27.5 Å². The summed E-state index contributed by atoms with van der Waals surface area (Å²) in [5.74, 6) is 0.877. The average Bonchev–Trinajstić information content (AvgIpc) is 3.20. The number of nitrogens with one attached hydrogen (secondary N) is 1. The molecule has 1 N–H and O–H groups in total. The highest BCUT2D eigenvalue weighted by molar-refractivity contribution is 9.10. The van der Waals surface area contributed by atoms with Crippen LogP contribution in [0.2, 0.25) is 5.02 Å². The smallest absolute Gasteiger partial charge is 0.307 e. The summed E-state index contributed by atoms with van der Waals surface area (Å²) in [6.45, 7) is 0.158. The second kappa shape index (κ2) is 6.42. The Morgan fingerprint density at radius 3 is 2.84 bits per heavy atom. The fourth-order valence-corrected chi connectivity index (χ4v) is 2.95. The zero-order valence-corrected chi connectivity index (χ0v) is 14.9. The zero-order chi connectivity index (χ0) is 17.4. The van der Waals surface area contributed by atoms with Crippen molar-refractivity contribution in [3.05, 3.63) is 57.2 Å². The first-order valence-electron chi connectivity index (χ1n) is 7.22. The average molecular weight is 422 g/mol. The summed E-state index contributed by atoms with van der Waals surface area (Å²) < 4.78 is 16.9. The van der Waals surface area contributed by atoms with Gasteiger partial charge in [-0.3, -0.25) is 4.79 Å². The van der Waals surface area contributed by atoms with E-state index in [2.05, 4.69) is 26.5 Å². The van der Waals surface area contributed by atoms with Gasteiger partial charge in [0.05, 0.1) is 11.2 Å². The lowest BCUT2D eigenvalue weighted by Gasteiger charge is -2.01. The molecule has 0 saturated carbocycles. The Labute approximate surface area is 155 Å². The molecule has 0 unspecified atom stereocenters. The topological polar surface area (TPSA) is 73.1 Å². The predicted molar refractivity (Wildman–Crippen MR) is 96.5 cm³/mol. The van der Waals surface area contributed by atoms with Crippen LogP contribution in [-0.4, -0.2) is 18.9 Å². The van der Waals surface area contributed by atoms with E-state index in [0.29, 0.717) is 27.7 Å². The van der Waals surface area contributed by atoms with E-state index >= 15 is 0 Å². The molecule has 0 bridgehead atoms. The first-order chi connectivity index (χ1) is 12.1. The highest BCUT2D eigenvalue weighted by atomic mass is 79.9. The number of furan rings is 1. The van der Waals surface area contributed by atoms with Gasteiger partial charge >= 0.3 is 5.91 Å². The van der Waals surface area contributed by atoms with Gasteiger partial charge in [0, 0.05) is 21.5 Å². The van der Waals surface area contributed by atoms with Crippen molar-refractivity contribution >= 4 is 50.6 Å². The third kappa shape index (κ3) is 3.20. The maximum absolute atomic E-state index is 12.2. The van der Waals surface area contributed by atoms with Crippen molar-refractivity contribution in [1.82, 2.24) is 5.43 Å².